The Morgan fingerprint density at radius 1 is 1.23 bits per heavy atom. The molecule has 68 valence electrons. The van der Waals surface area contributed by atoms with Gasteiger partial charge < -0.3 is 5.11 Å². The summed E-state index contributed by atoms with van der Waals surface area (Å²) in [5.74, 6) is 3.54. The maximum atomic E-state index is 11.2. The lowest BCUT2D eigenvalue weighted by Gasteiger charge is -2.90. The van der Waals surface area contributed by atoms with Gasteiger partial charge in [-0.05, 0) is 41.9 Å². The van der Waals surface area contributed by atoms with Gasteiger partial charge >= 0.3 is 5.97 Å². The van der Waals surface area contributed by atoms with Crippen molar-refractivity contribution in [2.75, 3.05) is 0 Å². The Bertz CT molecular complexity index is 370. The molecule has 6 rings (SSSR count). The molecule has 6 saturated carbocycles. The number of carboxylic acids is 1. The SMILES string of the molecule is O=C(O)C12C3C4CC5(Br)C3C1C5C42. The number of aliphatic carboxylic acids is 1. The first-order valence-corrected chi connectivity index (χ1v) is 5.86. The van der Waals surface area contributed by atoms with E-state index in [1.54, 1.807) is 0 Å². The maximum Gasteiger partial charge on any atom is 0.310 e. The van der Waals surface area contributed by atoms with Crippen LogP contribution in [0.4, 0.5) is 0 Å². The average molecular weight is 241 g/mol. The van der Waals surface area contributed by atoms with E-state index < -0.39 is 5.97 Å². The van der Waals surface area contributed by atoms with Crippen LogP contribution in [0, 0.1) is 40.9 Å². The van der Waals surface area contributed by atoms with Crippen molar-refractivity contribution in [3.63, 3.8) is 0 Å². The minimum atomic E-state index is -0.479. The van der Waals surface area contributed by atoms with Gasteiger partial charge in [0, 0.05) is 4.32 Å². The van der Waals surface area contributed by atoms with Crippen molar-refractivity contribution in [1.82, 2.24) is 0 Å². The summed E-state index contributed by atoms with van der Waals surface area (Å²) in [5, 5.41) is 9.26. The zero-order valence-electron chi connectivity index (χ0n) is 6.90. The highest BCUT2D eigenvalue weighted by Gasteiger charge is 3.04. The maximum absolute atomic E-state index is 11.2. The van der Waals surface area contributed by atoms with E-state index in [9.17, 15) is 9.90 Å². The lowest BCUT2D eigenvalue weighted by atomic mass is 9.13. The molecule has 0 amide bonds. The summed E-state index contributed by atoms with van der Waals surface area (Å²) in [4.78, 5) is 11.2. The molecular weight excluding hydrogens is 232 g/mol. The van der Waals surface area contributed by atoms with Gasteiger partial charge in [-0.3, -0.25) is 4.79 Å². The van der Waals surface area contributed by atoms with Crippen LogP contribution in [0.25, 0.3) is 0 Å². The molecule has 6 aliphatic carbocycles. The summed E-state index contributed by atoms with van der Waals surface area (Å²) in [6.07, 6.45) is 1.28. The molecule has 0 spiro atoms. The van der Waals surface area contributed by atoms with E-state index in [1.165, 1.54) is 6.42 Å². The Morgan fingerprint density at radius 3 is 2.31 bits per heavy atom. The first-order valence-electron chi connectivity index (χ1n) is 5.07. The van der Waals surface area contributed by atoms with E-state index in [0.29, 0.717) is 22.1 Å². The summed E-state index contributed by atoms with van der Waals surface area (Å²) in [7, 11) is 0. The van der Waals surface area contributed by atoms with Gasteiger partial charge in [0.25, 0.3) is 0 Å². The van der Waals surface area contributed by atoms with E-state index in [2.05, 4.69) is 15.9 Å². The zero-order chi connectivity index (χ0) is 8.75. The molecule has 0 radical (unpaired) electrons. The van der Waals surface area contributed by atoms with Gasteiger partial charge in [0.2, 0.25) is 0 Å². The number of carbonyl (C=O) groups is 1. The summed E-state index contributed by atoms with van der Waals surface area (Å²) in [6.45, 7) is 0. The van der Waals surface area contributed by atoms with E-state index >= 15 is 0 Å². The standard InChI is InChI=1S/C10H9BrO2/c11-9-1-2-3-5(9)7-6(9)4(2)10(3,7)8(12)13/h2-7H,1H2,(H,12,13). The molecule has 13 heavy (non-hydrogen) atoms. The van der Waals surface area contributed by atoms with Crippen molar-refractivity contribution in [1.29, 1.82) is 0 Å². The third-order valence-electron chi connectivity index (χ3n) is 6.15. The molecule has 0 aromatic carbocycles. The summed E-state index contributed by atoms with van der Waals surface area (Å²) in [6, 6.07) is 0. The molecule has 0 aliphatic heterocycles. The highest BCUT2D eigenvalue weighted by atomic mass is 79.9. The topological polar surface area (TPSA) is 37.3 Å². The Morgan fingerprint density at radius 2 is 1.85 bits per heavy atom. The van der Waals surface area contributed by atoms with Crippen LogP contribution in [0.2, 0.25) is 0 Å². The zero-order valence-corrected chi connectivity index (χ0v) is 8.49. The van der Waals surface area contributed by atoms with Crippen molar-refractivity contribution in [2.24, 2.45) is 40.9 Å². The minimum absolute atomic E-state index is 0.187. The number of carboxylic acid groups (broad SMARTS) is 1. The monoisotopic (exact) mass is 240 g/mol. The smallest absolute Gasteiger partial charge is 0.310 e. The van der Waals surface area contributed by atoms with Gasteiger partial charge in [-0.15, -0.1) is 0 Å². The van der Waals surface area contributed by atoms with Crippen molar-refractivity contribution in [3.05, 3.63) is 0 Å². The predicted molar refractivity (Wildman–Crippen MR) is 47.3 cm³/mol. The molecule has 1 N–H and O–H groups in total. The molecule has 4 atom stereocenters. The number of halogens is 1. The lowest BCUT2D eigenvalue weighted by Crippen LogP contribution is -2.93. The fraction of sp³-hybridized carbons (Fsp3) is 0.900. The van der Waals surface area contributed by atoms with Gasteiger partial charge in [0.05, 0.1) is 5.41 Å². The van der Waals surface area contributed by atoms with Gasteiger partial charge in [-0.25, -0.2) is 0 Å². The van der Waals surface area contributed by atoms with E-state index in [4.69, 9.17) is 0 Å². The largest absolute Gasteiger partial charge is 0.481 e. The Hall–Kier alpha value is -0.0500. The second-order valence-corrected chi connectivity index (χ2v) is 7.14. The van der Waals surface area contributed by atoms with Crippen LogP contribution in [0.15, 0.2) is 0 Å². The number of alkyl halides is 1. The highest BCUT2D eigenvalue weighted by molar-refractivity contribution is 9.10. The van der Waals surface area contributed by atoms with Crippen LogP contribution in [-0.4, -0.2) is 15.4 Å². The van der Waals surface area contributed by atoms with Gasteiger partial charge in [0.15, 0.2) is 0 Å². The number of rotatable bonds is 1. The third-order valence-corrected chi connectivity index (χ3v) is 7.53. The Balaban J connectivity index is 1.76. The molecule has 6 aliphatic rings. The van der Waals surface area contributed by atoms with Crippen LogP contribution < -0.4 is 0 Å². The molecule has 6 fully saturated rings. The Kier molecular flexibility index (Phi) is 0.616. The molecule has 0 aromatic heterocycles. The molecular formula is C10H9BrO2. The van der Waals surface area contributed by atoms with Crippen LogP contribution >= 0.6 is 15.9 Å². The first kappa shape index (κ1) is 6.44. The van der Waals surface area contributed by atoms with Crippen molar-refractivity contribution < 1.29 is 9.90 Å². The van der Waals surface area contributed by atoms with Gasteiger partial charge in [-0.2, -0.15) is 0 Å². The third kappa shape index (κ3) is 0.280. The highest BCUT2D eigenvalue weighted by Crippen LogP contribution is 3.02. The second-order valence-electron chi connectivity index (χ2n) is 5.66. The van der Waals surface area contributed by atoms with Gasteiger partial charge in [0.1, 0.15) is 0 Å². The molecule has 4 unspecified atom stereocenters. The first-order chi connectivity index (χ1) is 6.15. The summed E-state index contributed by atoms with van der Waals surface area (Å²) in [5.41, 5.74) is -0.187. The minimum Gasteiger partial charge on any atom is -0.481 e. The fourth-order valence-electron chi connectivity index (χ4n) is 6.25. The molecule has 0 saturated heterocycles. The molecule has 3 heteroatoms. The predicted octanol–water partition coefficient (Wildman–Crippen LogP) is 1.35. The number of hydrogen-bond acceptors (Lipinski definition) is 1. The van der Waals surface area contributed by atoms with Crippen molar-refractivity contribution in [2.45, 2.75) is 10.7 Å². The molecule has 2 bridgehead atoms. The van der Waals surface area contributed by atoms with Crippen LogP contribution in [0.1, 0.15) is 6.42 Å². The van der Waals surface area contributed by atoms with Gasteiger partial charge in [-0.1, -0.05) is 15.9 Å². The van der Waals surface area contributed by atoms with Crippen molar-refractivity contribution >= 4 is 21.9 Å². The Labute approximate surface area is 83.8 Å². The summed E-state index contributed by atoms with van der Waals surface area (Å²) < 4.78 is 0.425. The van der Waals surface area contributed by atoms with Crippen molar-refractivity contribution in [3.8, 4) is 0 Å². The van der Waals surface area contributed by atoms with E-state index in [1.807, 2.05) is 0 Å². The van der Waals surface area contributed by atoms with Crippen LogP contribution in [-0.2, 0) is 4.79 Å². The normalized spacial score (nSPS) is 83.2. The quantitative estimate of drug-likeness (QED) is 0.703. The fourth-order valence-corrected chi connectivity index (χ4v) is 7.76. The lowest BCUT2D eigenvalue weighted by molar-refractivity contribution is -0.420. The number of hydrogen-bond donors (Lipinski definition) is 1. The van der Waals surface area contributed by atoms with Crippen LogP contribution in [0.5, 0.6) is 0 Å². The average Bonchev–Trinajstić information content (AvgIpc) is 2.24. The summed E-state index contributed by atoms with van der Waals surface area (Å²) >= 11 is 3.87. The van der Waals surface area contributed by atoms with Crippen LogP contribution in [0.3, 0.4) is 0 Å². The van der Waals surface area contributed by atoms with E-state index in [0.717, 1.165) is 17.8 Å². The molecule has 0 heterocycles. The van der Waals surface area contributed by atoms with E-state index in [-0.39, 0.29) is 5.41 Å². The second kappa shape index (κ2) is 1.24. The molecule has 2 nitrogen and oxygen atoms in total. The molecule has 0 aromatic rings.